The van der Waals surface area contributed by atoms with Gasteiger partial charge in [-0.15, -0.1) is 0 Å². The van der Waals surface area contributed by atoms with Crippen LogP contribution in [0.5, 0.6) is 0 Å². The van der Waals surface area contributed by atoms with E-state index in [0.717, 1.165) is 0 Å². The first kappa shape index (κ1) is 9.63. The monoisotopic (exact) mass is 193 g/mol. The van der Waals surface area contributed by atoms with Gasteiger partial charge in [-0.3, -0.25) is 0 Å². The Balaban J connectivity index is 2.67. The quantitative estimate of drug-likeness (QED) is 0.367. The van der Waals surface area contributed by atoms with Crippen LogP contribution in [0, 0.1) is 0 Å². The van der Waals surface area contributed by atoms with Crippen LogP contribution in [0.3, 0.4) is 0 Å². The summed E-state index contributed by atoms with van der Waals surface area (Å²) >= 11 is 0. The smallest absolute Gasteiger partial charge is 0.239 e. The fraction of sp³-hybridized carbons (Fsp3) is 1.00. The Hall–Kier alpha value is -0.460. The lowest BCUT2D eigenvalue weighted by molar-refractivity contribution is -0.270. The van der Waals surface area contributed by atoms with E-state index in [-0.39, 0.29) is 18.0 Å². The van der Waals surface area contributed by atoms with E-state index in [1.807, 2.05) is 0 Å². The summed E-state index contributed by atoms with van der Waals surface area (Å²) in [5, 5.41) is 0. The van der Waals surface area contributed by atoms with Gasteiger partial charge in [0.15, 0.2) is 0 Å². The van der Waals surface area contributed by atoms with Crippen LogP contribution < -0.4 is 0 Å². The zero-order chi connectivity index (χ0) is 9.57. The average Bonchev–Trinajstić information content (AvgIpc) is 2.64. The van der Waals surface area contributed by atoms with Crippen LogP contribution in [0.2, 0.25) is 0 Å². The summed E-state index contributed by atoms with van der Waals surface area (Å²) in [6, 6.07) is -4.40. The van der Waals surface area contributed by atoms with Crippen LogP contribution in [0.1, 0.15) is 0 Å². The topological polar surface area (TPSA) is 3.01 Å². The van der Waals surface area contributed by atoms with Gasteiger partial charge in [-0.1, -0.05) is 0 Å². The lowest BCUT2D eigenvalue weighted by atomic mass is 10.3. The van der Waals surface area contributed by atoms with Crippen molar-refractivity contribution in [3.05, 3.63) is 0 Å². The summed E-state index contributed by atoms with van der Waals surface area (Å²) in [5.41, 5.74) is 0. The molecule has 72 valence electrons. The molecule has 0 bridgehead atoms. The Morgan fingerprint density at radius 2 is 1.42 bits per heavy atom. The van der Waals surface area contributed by atoms with Crippen LogP contribution in [0.15, 0.2) is 0 Å². The molecule has 1 unspecified atom stereocenters. The van der Waals surface area contributed by atoms with Crippen molar-refractivity contribution in [3.8, 4) is 0 Å². The van der Waals surface area contributed by atoms with E-state index in [1.54, 1.807) is 0 Å². The van der Waals surface area contributed by atoms with E-state index in [4.69, 9.17) is 0 Å². The van der Waals surface area contributed by atoms with Crippen molar-refractivity contribution in [1.29, 1.82) is 0 Å². The van der Waals surface area contributed by atoms with Gasteiger partial charge in [0.05, 0.1) is 0 Å². The Kier molecular flexibility index (Phi) is 2.02. The minimum atomic E-state index is -5.49. The molecule has 1 heterocycles. The second kappa shape index (κ2) is 2.51. The van der Waals surface area contributed by atoms with Crippen molar-refractivity contribution in [2.75, 3.05) is 13.1 Å². The molecule has 0 spiro atoms. The highest BCUT2D eigenvalue weighted by atomic mass is 19.4. The van der Waals surface area contributed by atoms with Crippen LogP contribution in [-0.4, -0.2) is 36.4 Å². The van der Waals surface area contributed by atoms with Crippen molar-refractivity contribution in [1.82, 2.24) is 4.90 Å². The van der Waals surface area contributed by atoms with E-state index < -0.39 is 18.4 Å². The molecule has 0 aromatic carbocycles. The molecule has 0 aromatic rings. The number of hydrogen-bond donors (Lipinski definition) is 0. The minimum Gasteiger partial charge on any atom is -0.239 e. The van der Waals surface area contributed by atoms with Crippen molar-refractivity contribution in [3.63, 3.8) is 0 Å². The number of nitrogens with zero attached hydrogens (tertiary/aromatic N) is 1. The van der Waals surface area contributed by atoms with Crippen LogP contribution >= 0.6 is 0 Å². The highest BCUT2D eigenvalue weighted by Crippen LogP contribution is 2.39. The van der Waals surface area contributed by atoms with Gasteiger partial charge in [0.1, 0.15) is 0 Å². The molecule has 12 heavy (non-hydrogen) atoms. The van der Waals surface area contributed by atoms with Crippen LogP contribution in [0.25, 0.3) is 0 Å². The Labute approximate surface area is 63.9 Å². The molecule has 7 heteroatoms. The molecule has 0 saturated carbocycles. The van der Waals surface area contributed by atoms with Gasteiger partial charge in [0.25, 0.3) is 6.17 Å². The maximum Gasteiger partial charge on any atom is 0.427 e. The highest BCUT2D eigenvalue weighted by Gasteiger charge is 2.62. The SMILES string of the molecule is FC(C(F)(F)F)C(F)(F)N1CC1. The lowest BCUT2D eigenvalue weighted by Crippen LogP contribution is -2.46. The van der Waals surface area contributed by atoms with Crippen molar-refractivity contribution >= 4 is 0 Å². The maximum atomic E-state index is 12.3. The first-order chi connectivity index (χ1) is 5.26. The molecule has 1 fully saturated rings. The molecule has 1 atom stereocenters. The third-order valence-electron chi connectivity index (χ3n) is 1.46. The Bertz CT molecular complexity index is 171. The van der Waals surface area contributed by atoms with Gasteiger partial charge in [-0.05, 0) is 0 Å². The van der Waals surface area contributed by atoms with E-state index in [2.05, 4.69) is 0 Å². The Morgan fingerprint density at radius 1 is 1.00 bits per heavy atom. The van der Waals surface area contributed by atoms with Crippen molar-refractivity contribution in [2.24, 2.45) is 0 Å². The lowest BCUT2D eigenvalue weighted by Gasteiger charge is -2.22. The van der Waals surface area contributed by atoms with Gasteiger partial charge in [0.2, 0.25) is 0 Å². The number of alkyl halides is 6. The van der Waals surface area contributed by atoms with Gasteiger partial charge in [0, 0.05) is 13.1 Å². The van der Waals surface area contributed by atoms with Crippen LogP contribution in [0.4, 0.5) is 26.3 Å². The molecular weight excluding hydrogens is 188 g/mol. The zero-order valence-corrected chi connectivity index (χ0v) is 5.71. The van der Waals surface area contributed by atoms with E-state index in [9.17, 15) is 26.3 Å². The fourth-order valence-corrected chi connectivity index (χ4v) is 0.705. The number of hydrogen-bond acceptors (Lipinski definition) is 1. The summed E-state index contributed by atoms with van der Waals surface area (Å²) in [4.78, 5) is 0.130. The first-order valence-electron chi connectivity index (χ1n) is 3.10. The second-order valence-corrected chi connectivity index (χ2v) is 2.48. The summed E-state index contributed by atoms with van der Waals surface area (Å²) in [6.45, 7) is -0.382. The third kappa shape index (κ3) is 1.65. The van der Waals surface area contributed by atoms with Gasteiger partial charge in [-0.25, -0.2) is 9.29 Å². The van der Waals surface area contributed by atoms with Crippen LogP contribution in [-0.2, 0) is 0 Å². The van der Waals surface area contributed by atoms with E-state index >= 15 is 0 Å². The van der Waals surface area contributed by atoms with Crippen molar-refractivity contribution < 1.29 is 26.3 Å². The second-order valence-electron chi connectivity index (χ2n) is 2.48. The molecular formula is C5H5F6N. The summed E-state index contributed by atoms with van der Waals surface area (Å²) in [7, 11) is 0. The number of rotatable bonds is 2. The molecule has 0 aromatic heterocycles. The predicted octanol–water partition coefficient (Wildman–Crippen LogP) is 1.80. The molecule has 0 radical (unpaired) electrons. The summed E-state index contributed by atoms with van der Waals surface area (Å²) in [6.07, 6.45) is -9.58. The molecule has 1 aliphatic rings. The third-order valence-corrected chi connectivity index (χ3v) is 1.46. The summed E-state index contributed by atoms with van der Waals surface area (Å²) < 4.78 is 71.1. The molecule has 1 saturated heterocycles. The van der Waals surface area contributed by atoms with E-state index in [0.29, 0.717) is 0 Å². The molecule has 1 rings (SSSR count). The average molecular weight is 193 g/mol. The summed E-state index contributed by atoms with van der Waals surface area (Å²) in [5.74, 6) is 0. The molecule has 0 aliphatic carbocycles. The van der Waals surface area contributed by atoms with Gasteiger partial charge < -0.3 is 0 Å². The van der Waals surface area contributed by atoms with Gasteiger partial charge in [-0.2, -0.15) is 22.0 Å². The molecule has 1 aliphatic heterocycles. The van der Waals surface area contributed by atoms with Crippen molar-refractivity contribution in [2.45, 2.75) is 18.4 Å². The molecule has 0 N–H and O–H groups in total. The van der Waals surface area contributed by atoms with E-state index in [1.165, 1.54) is 0 Å². The Morgan fingerprint density at radius 3 is 1.67 bits per heavy atom. The fourth-order valence-electron chi connectivity index (χ4n) is 0.705. The number of halogens is 6. The molecule has 1 nitrogen and oxygen atoms in total. The minimum absolute atomic E-state index is 0.130. The normalized spacial score (nSPS) is 22.5. The maximum absolute atomic E-state index is 12.3. The largest absolute Gasteiger partial charge is 0.427 e. The predicted molar refractivity (Wildman–Crippen MR) is 27.5 cm³/mol. The van der Waals surface area contributed by atoms with Gasteiger partial charge >= 0.3 is 12.2 Å². The standard InChI is InChI=1S/C5H5F6N/c6-3(4(7,8)9)5(10,11)12-1-2-12/h3H,1-2H2. The highest BCUT2D eigenvalue weighted by molar-refractivity contribution is 4.90. The molecule has 0 amide bonds. The first-order valence-corrected chi connectivity index (χ1v) is 3.10. The zero-order valence-electron chi connectivity index (χ0n) is 5.71.